The summed E-state index contributed by atoms with van der Waals surface area (Å²) in [6.45, 7) is 13.7. The number of nitrogens with one attached hydrogen (secondary N) is 1. The molecule has 1 aliphatic rings. The second kappa shape index (κ2) is 8.93. The summed E-state index contributed by atoms with van der Waals surface area (Å²) in [5.74, 6) is -1.67. The van der Waals surface area contributed by atoms with Gasteiger partial charge in [0.15, 0.2) is 0 Å². The van der Waals surface area contributed by atoms with Crippen LogP contribution in [-0.2, 0) is 23.9 Å². The molecule has 0 bridgehead atoms. The van der Waals surface area contributed by atoms with E-state index >= 15 is 0 Å². The van der Waals surface area contributed by atoms with Crippen molar-refractivity contribution in [2.75, 3.05) is 5.75 Å². The lowest BCUT2D eigenvalue weighted by molar-refractivity contribution is -0.163. The Labute approximate surface area is 176 Å². The maximum absolute atomic E-state index is 12.5. The van der Waals surface area contributed by atoms with Gasteiger partial charge in [-0.05, 0) is 55.4 Å². The number of hydrogen-bond acceptors (Lipinski definition) is 7. The van der Waals surface area contributed by atoms with Crippen molar-refractivity contribution in [2.45, 2.75) is 84.8 Å². The quantitative estimate of drug-likeness (QED) is 0.616. The van der Waals surface area contributed by atoms with Gasteiger partial charge >= 0.3 is 18.0 Å². The molecule has 1 aliphatic carbocycles. The minimum Gasteiger partial charge on any atom is -0.480 e. The average Bonchev–Trinajstić information content (AvgIpc) is 2.71. The summed E-state index contributed by atoms with van der Waals surface area (Å²) < 4.78 is 10.8. The number of carbonyl (C=O) groups excluding carboxylic acids is 3. The molecule has 0 aromatic rings. The summed E-state index contributed by atoms with van der Waals surface area (Å²) in [7, 11) is 0. The normalized spacial score (nSPS) is 22.7. The number of esters is 1. The van der Waals surface area contributed by atoms with Gasteiger partial charge in [0.25, 0.3) is 0 Å². The highest BCUT2D eigenvalue weighted by atomic mass is 32.2. The molecule has 3 atom stereocenters. The zero-order chi connectivity index (χ0) is 22.8. The number of Topliss-reactive ketones (excluding diaryl/α,β-unsaturated/α-hetero) is 1. The number of amides is 1. The van der Waals surface area contributed by atoms with Crippen molar-refractivity contribution >= 4 is 35.6 Å². The lowest BCUT2D eigenvalue weighted by atomic mass is 9.87. The minimum atomic E-state index is -1.21. The molecule has 1 rings (SSSR count). The topological polar surface area (TPSA) is 119 Å². The molecule has 0 saturated heterocycles. The zero-order valence-electron chi connectivity index (χ0n) is 18.5. The minimum absolute atomic E-state index is 0.00612. The third-order valence-corrected chi connectivity index (χ3v) is 5.83. The standard InChI is InChI=1S/C20H33NO7S/c1-18(2,3)16(25)27-14-12(9-13(22)20(14,7)8)29-10-11(15(23)24)21-17(26)28-19(4,5)6/h11-12,14H,9-10H2,1-8H3,(H,21,26)(H,23,24)/t11?,12-,14+/m0/s1. The number of carboxylic acid groups (broad SMARTS) is 1. The van der Waals surface area contributed by atoms with Gasteiger partial charge in [0.1, 0.15) is 23.5 Å². The highest BCUT2D eigenvalue weighted by Gasteiger charge is 2.52. The number of ketones is 1. The van der Waals surface area contributed by atoms with E-state index in [1.54, 1.807) is 55.4 Å². The van der Waals surface area contributed by atoms with Crippen LogP contribution in [0.3, 0.4) is 0 Å². The van der Waals surface area contributed by atoms with Gasteiger partial charge in [-0.3, -0.25) is 9.59 Å². The van der Waals surface area contributed by atoms with Gasteiger partial charge < -0.3 is 19.9 Å². The van der Waals surface area contributed by atoms with E-state index in [-0.39, 0.29) is 18.0 Å². The van der Waals surface area contributed by atoms with Crippen molar-refractivity contribution < 1.29 is 33.8 Å². The molecule has 1 amide bonds. The fraction of sp³-hybridized carbons (Fsp3) is 0.800. The second-order valence-electron chi connectivity index (χ2n) is 9.83. The first-order valence-corrected chi connectivity index (χ1v) is 10.6. The van der Waals surface area contributed by atoms with Gasteiger partial charge in [0.05, 0.1) is 10.8 Å². The molecule has 8 nitrogen and oxygen atoms in total. The summed E-state index contributed by atoms with van der Waals surface area (Å²) in [5.41, 5.74) is -2.34. The molecule has 166 valence electrons. The van der Waals surface area contributed by atoms with Crippen LogP contribution < -0.4 is 5.32 Å². The van der Waals surface area contributed by atoms with Crippen LogP contribution in [0.25, 0.3) is 0 Å². The van der Waals surface area contributed by atoms with Crippen LogP contribution in [0.15, 0.2) is 0 Å². The molecule has 1 fully saturated rings. The Morgan fingerprint density at radius 1 is 1.21 bits per heavy atom. The third kappa shape index (κ3) is 7.21. The maximum atomic E-state index is 12.5. The van der Waals surface area contributed by atoms with Crippen LogP contribution in [0, 0.1) is 10.8 Å². The number of carbonyl (C=O) groups is 4. The first-order valence-electron chi connectivity index (χ1n) is 9.53. The predicted molar refractivity (Wildman–Crippen MR) is 110 cm³/mol. The number of ether oxygens (including phenoxy) is 2. The van der Waals surface area contributed by atoms with E-state index in [4.69, 9.17) is 9.47 Å². The number of alkyl carbamates (subject to hydrolysis) is 1. The number of aliphatic carboxylic acids is 1. The molecular weight excluding hydrogens is 398 g/mol. The second-order valence-corrected chi connectivity index (χ2v) is 11.1. The van der Waals surface area contributed by atoms with Gasteiger partial charge in [-0.1, -0.05) is 0 Å². The molecule has 29 heavy (non-hydrogen) atoms. The van der Waals surface area contributed by atoms with Gasteiger partial charge in [0, 0.05) is 17.4 Å². The molecule has 0 aromatic heterocycles. The SMILES string of the molecule is CC(C)(C)OC(=O)NC(CS[C@H]1CC(=O)C(C)(C)[C@@H]1OC(=O)C(C)(C)C)C(=O)O. The predicted octanol–water partition coefficient (Wildman–Crippen LogP) is 3.02. The molecule has 1 unspecified atom stereocenters. The van der Waals surface area contributed by atoms with Crippen LogP contribution >= 0.6 is 11.8 Å². The lowest BCUT2D eigenvalue weighted by Gasteiger charge is -2.31. The fourth-order valence-electron chi connectivity index (χ4n) is 2.68. The molecule has 0 radical (unpaired) electrons. The first-order chi connectivity index (χ1) is 12.9. The first kappa shape index (κ1) is 25.3. The summed E-state index contributed by atoms with van der Waals surface area (Å²) >= 11 is 1.20. The smallest absolute Gasteiger partial charge is 0.408 e. The van der Waals surface area contributed by atoms with E-state index in [0.717, 1.165) is 0 Å². The van der Waals surface area contributed by atoms with Crippen molar-refractivity contribution in [3.05, 3.63) is 0 Å². The van der Waals surface area contributed by atoms with Crippen LogP contribution in [0.5, 0.6) is 0 Å². The Morgan fingerprint density at radius 2 is 1.76 bits per heavy atom. The van der Waals surface area contributed by atoms with E-state index in [1.807, 2.05) is 0 Å². The molecular formula is C20H33NO7S. The Morgan fingerprint density at radius 3 is 2.21 bits per heavy atom. The molecule has 0 heterocycles. The Bertz CT molecular complexity index is 661. The molecule has 0 aromatic carbocycles. The Kier molecular flexibility index (Phi) is 7.78. The largest absolute Gasteiger partial charge is 0.480 e. The van der Waals surface area contributed by atoms with Crippen LogP contribution in [0.2, 0.25) is 0 Å². The molecule has 2 N–H and O–H groups in total. The van der Waals surface area contributed by atoms with Crippen molar-refractivity contribution in [2.24, 2.45) is 10.8 Å². The Hall–Kier alpha value is -1.77. The van der Waals surface area contributed by atoms with E-state index in [1.165, 1.54) is 11.8 Å². The van der Waals surface area contributed by atoms with Crippen molar-refractivity contribution in [1.82, 2.24) is 5.32 Å². The van der Waals surface area contributed by atoms with Gasteiger partial charge in [-0.25, -0.2) is 9.59 Å². The average molecular weight is 432 g/mol. The van der Waals surface area contributed by atoms with E-state index in [0.29, 0.717) is 0 Å². The van der Waals surface area contributed by atoms with E-state index in [9.17, 15) is 24.3 Å². The van der Waals surface area contributed by atoms with Gasteiger partial charge in [-0.2, -0.15) is 11.8 Å². The molecule has 9 heteroatoms. The molecule has 0 aliphatic heterocycles. The molecule has 0 spiro atoms. The number of carboxylic acids is 1. The van der Waals surface area contributed by atoms with Crippen molar-refractivity contribution in [3.63, 3.8) is 0 Å². The van der Waals surface area contributed by atoms with E-state index < -0.39 is 51.9 Å². The van der Waals surface area contributed by atoms with Crippen LogP contribution in [0.1, 0.15) is 61.8 Å². The van der Waals surface area contributed by atoms with Gasteiger partial charge in [0.2, 0.25) is 0 Å². The highest BCUT2D eigenvalue weighted by molar-refractivity contribution is 8.00. The summed E-state index contributed by atoms with van der Waals surface area (Å²) in [6, 6.07) is -1.20. The summed E-state index contributed by atoms with van der Waals surface area (Å²) in [5, 5.41) is 11.4. The highest BCUT2D eigenvalue weighted by Crippen LogP contribution is 2.43. The summed E-state index contributed by atoms with van der Waals surface area (Å²) in [4.78, 5) is 48.3. The molecule has 1 saturated carbocycles. The zero-order valence-corrected chi connectivity index (χ0v) is 19.3. The third-order valence-electron chi connectivity index (χ3n) is 4.47. The van der Waals surface area contributed by atoms with Crippen LogP contribution in [0.4, 0.5) is 4.79 Å². The van der Waals surface area contributed by atoms with Crippen molar-refractivity contribution in [3.8, 4) is 0 Å². The summed E-state index contributed by atoms with van der Waals surface area (Å²) in [6.07, 6.45) is -1.34. The van der Waals surface area contributed by atoms with Crippen LogP contribution in [-0.4, -0.2) is 57.7 Å². The lowest BCUT2D eigenvalue weighted by Crippen LogP contribution is -2.46. The Balaban J connectivity index is 2.86. The number of thioether (sulfide) groups is 1. The van der Waals surface area contributed by atoms with Gasteiger partial charge in [-0.15, -0.1) is 0 Å². The van der Waals surface area contributed by atoms with E-state index in [2.05, 4.69) is 5.32 Å². The number of hydrogen-bond donors (Lipinski definition) is 2. The maximum Gasteiger partial charge on any atom is 0.408 e. The van der Waals surface area contributed by atoms with Crippen molar-refractivity contribution in [1.29, 1.82) is 0 Å². The fourth-order valence-corrected chi connectivity index (χ4v) is 4.19. The number of rotatable bonds is 6. The monoisotopic (exact) mass is 431 g/mol.